The van der Waals surface area contributed by atoms with Gasteiger partial charge in [-0.05, 0) is 67.7 Å². The number of carbonyl (C=O) groups is 1. The van der Waals surface area contributed by atoms with Gasteiger partial charge in [0.2, 0.25) is 0 Å². The van der Waals surface area contributed by atoms with E-state index in [0.717, 1.165) is 18.2 Å². The van der Waals surface area contributed by atoms with Gasteiger partial charge in [0.05, 0.1) is 11.9 Å². The molecule has 2 fully saturated rings. The molecule has 2 saturated carbocycles. The van der Waals surface area contributed by atoms with Crippen LogP contribution in [-0.4, -0.2) is 22.2 Å². The molecule has 2 aliphatic carbocycles. The monoisotopic (exact) mass is 335 g/mol. The van der Waals surface area contributed by atoms with Gasteiger partial charge in [0.25, 0.3) is 5.91 Å². The molecule has 0 radical (unpaired) electrons. The summed E-state index contributed by atoms with van der Waals surface area (Å²) in [6.45, 7) is 0.779. The molecular weight excluding hydrogens is 314 g/mol. The summed E-state index contributed by atoms with van der Waals surface area (Å²) in [5.74, 6) is 1.15. The van der Waals surface area contributed by atoms with Gasteiger partial charge >= 0.3 is 0 Å². The molecule has 0 atom stereocenters. The second kappa shape index (κ2) is 5.92. The Morgan fingerprint density at radius 3 is 2.64 bits per heavy atom. The van der Waals surface area contributed by atoms with Crippen LogP contribution in [0.4, 0.5) is 5.82 Å². The molecule has 25 heavy (non-hydrogen) atoms. The average molecular weight is 335 g/mol. The number of carbonyl (C=O) groups excluding carboxylic acids is 1. The first-order valence-corrected chi connectivity index (χ1v) is 8.72. The smallest absolute Gasteiger partial charge is 0.251 e. The molecule has 6 nitrogen and oxygen atoms in total. The number of hydrogen-bond acceptors (Lipinski definition) is 4. The van der Waals surface area contributed by atoms with Crippen molar-refractivity contribution in [2.45, 2.75) is 32.1 Å². The molecule has 0 unspecified atom stereocenters. The lowest BCUT2D eigenvalue weighted by Crippen LogP contribution is -2.35. The standard InChI is InChI=1S/C19H21N5O/c20-10-15-11-23-24(17(15)21)16-3-1-14(2-4-16)18(25)22-12-19-7-5-13(9-19)6-8-19/h1-4,11,13H,5-9,12,21H2,(H,22,25). The molecule has 6 heteroatoms. The Hall–Kier alpha value is -2.81. The van der Waals surface area contributed by atoms with Crippen LogP contribution in [0.3, 0.4) is 0 Å². The molecule has 2 aromatic rings. The van der Waals surface area contributed by atoms with E-state index < -0.39 is 0 Å². The number of rotatable bonds is 4. The van der Waals surface area contributed by atoms with E-state index in [0.29, 0.717) is 22.4 Å². The highest BCUT2D eigenvalue weighted by atomic mass is 16.1. The summed E-state index contributed by atoms with van der Waals surface area (Å²) in [4.78, 5) is 12.4. The van der Waals surface area contributed by atoms with E-state index in [4.69, 9.17) is 11.0 Å². The maximum absolute atomic E-state index is 12.4. The first kappa shape index (κ1) is 15.7. The Morgan fingerprint density at radius 1 is 1.36 bits per heavy atom. The minimum atomic E-state index is -0.0394. The maximum Gasteiger partial charge on any atom is 0.251 e. The number of amides is 1. The number of anilines is 1. The number of hydrogen-bond donors (Lipinski definition) is 2. The Kier molecular flexibility index (Phi) is 3.72. The van der Waals surface area contributed by atoms with Crippen molar-refractivity contribution in [2.75, 3.05) is 12.3 Å². The summed E-state index contributed by atoms with van der Waals surface area (Å²) in [6.07, 6.45) is 7.84. The summed E-state index contributed by atoms with van der Waals surface area (Å²) in [5, 5.41) is 16.2. The van der Waals surface area contributed by atoms with E-state index in [2.05, 4.69) is 10.4 Å². The van der Waals surface area contributed by atoms with Gasteiger partial charge in [-0.3, -0.25) is 4.79 Å². The van der Waals surface area contributed by atoms with Crippen LogP contribution in [0.5, 0.6) is 0 Å². The Bertz CT molecular complexity index is 838. The Labute approximate surface area is 146 Å². The van der Waals surface area contributed by atoms with Crippen LogP contribution in [0.25, 0.3) is 5.69 Å². The number of nitrogens with two attached hydrogens (primary N) is 1. The lowest BCUT2D eigenvalue weighted by atomic mass is 9.84. The van der Waals surface area contributed by atoms with Crippen molar-refractivity contribution < 1.29 is 4.79 Å². The summed E-state index contributed by atoms with van der Waals surface area (Å²) in [6, 6.07) is 9.11. The quantitative estimate of drug-likeness (QED) is 0.897. The second-order valence-electron chi connectivity index (χ2n) is 7.34. The van der Waals surface area contributed by atoms with E-state index in [1.54, 1.807) is 24.3 Å². The number of aromatic nitrogens is 2. The highest BCUT2D eigenvalue weighted by Crippen LogP contribution is 2.53. The summed E-state index contributed by atoms with van der Waals surface area (Å²) < 4.78 is 1.50. The van der Waals surface area contributed by atoms with Gasteiger partial charge in [-0.15, -0.1) is 0 Å². The van der Waals surface area contributed by atoms with Crippen molar-refractivity contribution in [1.82, 2.24) is 15.1 Å². The zero-order valence-corrected chi connectivity index (χ0v) is 14.0. The highest BCUT2D eigenvalue weighted by Gasteiger charge is 2.44. The molecular formula is C19H21N5O. The van der Waals surface area contributed by atoms with Crippen LogP contribution in [0, 0.1) is 22.7 Å². The lowest BCUT2D eigenvalue weighted by molar-refractivity contribution is 0.0931. The van der Waals surface area contributed by atoms with Gasteiger partial charge < -0.3 is 11.1 Å². The van der Waals surface area contributed by atoms with Crippen LogP contribution in [0.1, 0.15) is 48.0 Å². The summed E-state index contributed by atoms with van der Waals surface area (Å²) in [5.41, 5.74) is 7.93. The lowest BCUT2D eigenvalue weighted by Gasteiger charge is -2.26. The summed E-state index contributed by atoms with van der Waals surface area (Å²) >= 11 is 0. The largest absolute Gasteiger partial charge is 0.382 e. The van der Waals surface area contributed by atoms with Gasteiger partial charge in [0, 0.05) is 12.1 Å². The van der Waals surface area contributed by atoms with Crippen molar-refractivity contribution in [2.24, 2.45) is 11.3 Å². The predicted molar refractivity (Wildman–Crippen MR) is 94.0 cm³/mol. The first-order chi connectivity index (χ1) is 12.1. The van der Waals surface area contributed by atoms with E-state index >= 15 is 0 Å². The maximum atomic E-state index is 12.4. The topological polar surface area (TPSA) is 96.7 Å². The van der Waals surface area contributed by atoms with E-state index in [1.807, 2.05) is 6.07 Å². The van der Waals surface area contributed by atoms with Crippen molar-refractivity contribution in [3.8, 4) is 11.8 Å². The third-order valence-corrected chi connectivity index (χ3v) is 5.81. The van der Waals surface area contributed by atoms with Gasteiger partial charge in [-0.2, -0.15) is 10.4 Å². The normalized spacial score (nSPS) is 24.2. The van der Waals surface area contributed by atoms with E-state index in [-0.39, 0.29) is 5.91 Å². The van der Waals surface area contributed by atoms with Crippen LogP contribution in [0.2, 0.25) is 0 Å². The predicted octanol–water partition coefficient (Wildman–Crippen LogP) is 2.64. The van der Waals surface area contributed by atoms with Crippen LogP contribution < -0.4 is 11.1 Å². The van der Waals surface area contributed by atoms with Crippen LogP contribution >= 0.6 is 0 Å². The zero-order chi connectivity index (χ0) is 17.4. The molecule has 2 aliphatic rings. The number of nitrogens with one attached hydrogen (secondary N) is 1. The molecule has 4 rings (SSSR count). The molecule has 2 bridgehead atoms. The number of nitrogen functional groups attached to an aromatic ring is 1. The molecule has 0 spiro atoms. The van der Waals surface area contributed by atoms with Crippen molar-refractivity contribution >= 4 is 11.7 Å². The molecule has 0 saturated heterocycles. The second-order valence-corrected chi connectivity index (χ2v) is 7.34. The minimum Gasteiger partial charge on any atom is -0.382 e. The average Bonchev–Trinajstić information content (AvgIpc) is 3.34. The van der Waals surface area contributed by atoms with Crippen molar-refractivity contribution in [1.29, 1.82) is 5.26 Å². The molecule has 1 aromatic carbocycles. The molecule has 1 aromatic heterocycles. The summed E-state index contributed by atoms with van der Waals surface area (Å²) in [7, 11) is 0. The van der Waals surface area contributed by atoms with Gasteiger partial charge in [-0.25, -0.2) is 4.68 Å². The fourth-order valence-electron chi connectivity index (χ4n) is 4.33. The highest BCUT2D eigenvalue weighted by molar-refractivity contribution is 5.94. The van der Waals surface area contributed by atoms with Crippen LogP contribution in [0.15, 0.2) is 30.5 Å². The third kappa shape index (κ3) is 2.76. The van der Waals surface area contributed by atoms with Crippen molar-refractivity contribution in [3.63, 3.8) is 0 Å². The molecule has 128 valence electrons. The zero-order valence-electron chi connectivity index (χ0n) is 14.0. The molecule has 0 aliphatic heterocycles. The fourth-order valence-corrected chi connectivity index (χ4v) is 4.33. The Balaban J connectivity index is 1.44. The number of benzene rings is 1. The van der Waals surface area contributed by atoms with Gasteiger partial charge in [0.1, 0.15) is 17.5 Å². The number of nitriles is 1. The van der Waals surface area contributed by atoms with E-state index in [1.165, 1.54) is 43.0 Å². The minimum absolute atomic E-state index is 0.0394. The first-order valence-electron chi connectivity index (χ1n) is 8.72. The molecule has 1 amide bonds. The Morgan fingerprint density at radius 2 is 2.08 bits per heavy atom. The number of nitrogens with zero attached hydrogens (tertiary/aromatic N) is 3. The van der Waals surface area contributed by atoms with Gasteiger partial charge in [-0.1, -0.05) is 0 Å². The van der Waals surface area contributed by atoms with Crippen LogP contribution in [-0.2, 0) is 0 Å². The fraction of sp³-hybridized carbons (Fsp3) is 0.421. The SMILES string of the molecule is N#Cc1cnn(-c2ccc(C(=O)NCC34CCC(CC3)C4)cc2)c1N. The third-order valence-electron chi connectivity index (χ3n) is 5.81. The molecule has 1 heterocycles. The van der Waals surface area contributed by atoms with Gasteiger partial charge in [0.15, 0.2) is 0 Å². The molecule has 3 N–H and O–H groups in total. The van der Waals surface area contributed by atoms with E-state index in [9.17, 15) is 4.79 Å². The number of fused-ring (bicyclic) bond motifs is 2. The van der Waals surface area contributed by atoms with Crippen molar-refractivity contribution in [3.05, 3.63) is 41.6 Å².